The van der Waals surface area contributed by atoms with Gasteiger partial charge in [-0.05, 0) is 139 Å². The SMILES string of the molecule is C=C(C)[C@@H]1CC[C@]2(C(=O)O)CC[C@]3(C)[C@H](CC[C@@H]4[C@@]5(C)C/C(=C\c6ccc([N+](=O)[O-])cc6)[C@H](O)C(C)(C)[C@@H]5CC[C@]43C)[C@@H]12. The number of carboxylic acid groups (broad SMARTS) is 1. The summed E-state index contributed by atoms with van der Waals surface area (Å²) in [5, 5.41) is 33.6. The number of hydrogen-bond acceptors (Lipinski definition) is 4. The minimum absolute atomic E-state index is 0.0128. The van der Waals surface area contributed by atoms with Gasteiger partial charge in [-0.1, -0.05) is 52.8 Å². The van der Waals surface area contributed by atoms with Crippen molar-refractivity contribution < 1.29 is 19.9 Å². The standard InChI is InChI=1S/C37H51NO5/c1-22(2)26-14-17-37(32(40)41)19-18-35(6)27(30(26)37)12-13-29-34(5)21-24(20-23-8-10-25(11-9-23)38(42)43)31(39)33(3,4)28(34)15-16-36(29,35)7/h8-11,20,26-31,39H,1,12-19,21H2,2-7H3,(H,40,41)/b24-20+/t26-,27+,28-,29+,30+,31-,34-,35+,36+,37-/m0/s1. The first kappa shape index (κ1) is 30.6. The molecular formula is C37H51NO5. The van der Waals surface area contributed by atoms with E-state index in [2.05, 4.69) is 54.2 Å². The zero-order valence-corrected chi connectivity index (χ0v) is 27.0. The second kappa shape index (κ2) is 9.76. The maximum atomic E-state index is 13.0. The van der Waals surface area contributed by atoms with Crippen molar-refractivity contribution in [3.63, 3.8) is 0 Å². The van der Waals surface area contributed by atoms with Crippen LogP contribution in [-0.4, -0.2) is 27.2 Å². The molecule has 0 bridgehead atoms. The quantitative estimate of drug-likeness (QED) is 0.208. The molecule has 0 spiro atoms. The van der Waals surface area contributed by atoms with E-state index >= 15 is 0 Å². The van der Waals surface area contributed by atoms with E-state index in [0.29, 0.717) is 17.8 Å². The summed E-state index contributed by atoms with van der Waals surface area (Å²) < 4.78 is 0. The van der Waals surface area contributed by atoms with Gasteiger partial charge in [-0.15, -0.1) is 0 Å². The van der Waals surface area contributed by atoms with Crippen LogP contribution in [0.15, 0.2) is 42.0 Å². The lowest BCUT2D eigenvalue weighted by molar-refractivity contribution is -0.384. The van der Waals surface area contributed by atoms with Crippen molar-refractivity contribution in [2.24, 2.45) is 56.7 Å². The number of carboxylic acids is 1. The Labute approximate surface area is 257 Å². The number of rotatable bonds is 4. The average Bonchev–Trinajstić information content (AvgIpc) is 3.34. The Morgan fingerprint density at radius 1 is 0.953 bits per heavy atom. The molecule has 2 N–H and O–H groups in total. The van der Waals surface area contributed by atoms with Crippen LogP contribution >= 0.6 is 0 Å². The first-order valence-electron chi connectivity index (χ1n) is 16.5. The lowest BCUT2D eigenvalue weighted by Crippen LogP contribution is -2.67. The van der Waals surface area contributed by atoms with Gasteiger partial charge in [-0.3, -0.25) is 14.9 Å². The Bertz CT molecular complexity index is 1380. The molecule has 0 radical (unpaired) electrons. The average molecular weight is 590 g/mol. The Morgan fingerprint density at radius 2 is 1.63 bits per heavy atom. The predicted octanol–water partition coefficient (Wildman–Crippen LogP) is 8.69. The third-order valence-corrected chi connectivity index (χ3v) is 14.8. The fourth-order valence-corrected chi connectivity index (χ4v) is 12.6. The zero-order valence-electron chi connectivity index (χ0n) is 27.0. The van der Waals surface area contributed by atoms with E-state index in [0.717, 1.165) is 74.5 Å². The molecule has 6 heteroatoms. The number of non-ortho nitro benzene ring substituents is 1. The summed E-state index contributed by atoms with van der Waals surface area (Å²) in [6, 6.07) is 6.65. The van der Waals surface area contributed by atoms with Gasteiger partial charge in [0.15, 0.2) is 0 Å². The summed E-state index contributed by atoms with van der Waals surface area (Å²) in [6.45, 7) is 18.5. The summed E-state index contributed by atoms with van der Waals surface area (Å²) in [7, 11) is 0. The van der Waals surface area contributed by atoms with Gasteiger partial charge in [0, 0.05) is 12.1 Å². The van der Waals surface area contributed by atoms with E-state index < -0.39 is 17.5 Å². The third-order valence-electron chi connectivity index (χ3n) is 14.8. The summed E-state index contributed by atoms with van der Waals surface area (Å²) in [5.74, 6) is 1.07. The number of nitro groups is 1. The zero-order chi connectivity index (χ0) is 31.3. The van der Waals surface area contributed by atoms with Gasteiger partial charge in [0.1, 0.15) is 0 Å². The van der Waals surface area contributed by atoms with Crippen molar-refractivity contribution in [1.82, 2.24) is 0 Å². The minimum Gasteiger partial charge on any atom is -0.481 e. The molecule has 43 heavy (non-hydrogen) atoms. The molecule has 0 unspecified atom stereocenters. The van der Waals surface area contributed by atoms with E-state index in [1.165, 1.54) is 0 Å². The number of nitro benzene ring substituents is 1. The molecule has 0 aliphatic heterocycles. The van der Waals surface area contributed by atoms with E-state index in [1.54, 1.807) is 24.3 Å². The highest BCUT2D eigenvalue weighted by Crippen LogP contribution is 2.77. The van der Waals surface area contributed by atoms with Crippen LogP contribution in [0.25, 0.3) is 6.08 Å². The molecular weight excluding hydrogens is 538 g/mol. The van der Waals surface area contributed by atoms with Crippen molar-refractivity contribution >= 4 is 17.7 Å². The first-order valence-corrected chi connectivity index (χ1v) is 16.5. The molecule has 0 heterocycles. The van der Waals surface area contributed by atoms with Crippen molar-refractivity contribution in [3.05, 3.63) is 57.7 Å². The molecule has 0 saturated heterocycles. The van der Waals surface area contributed by atoms with Crippen LogP contribution in [0.4, 0.5) is 5.69 Å². The van der Waals surface area contributed by atoms with E-state index in [4.69, 9.17) is 0 Å². The second-order valence-corrected chi connectivity index (χ2v) is 16.6. The maximum Gasteiger partial charge on any atom is 0.309 e. The molecule has 0 aromatic heterocycles. The summed E-state index contributed by atoms with van der Waals surface area (Å²) in [6.07, 6.45) is 10.1. The minimum atomic E-state index is -0.615. The fourth-order valence-electron chi connectivity index (χ4n) is 12.6. The van der Waals surface area contributed by atoms with Gasteiger partial charge >= 0.3 is 5.97 Å². The smallest absolute Gasteiger partial charge is 0.309 e. The number of fused-ring (bicyclic) bond motifs is 7. The number of aliphatic hydroxyl groups excluding tert-OH is 1. The Hall–Kier alpha value is -2.47. The first-order chi connectivity index (χ1) is 20.0. The highest BCUT2D eigenvalue weighted by molar-refractivity contribution is 5.76. The number of carbonyl (C=O) groups is 1. The van der Waals surface area contributed by atoms with Crippen LogP contribution in [0.2, 0.25) is 0 Å². The molecule has 5 aliphatic carbocycles. The van der Waals surface area contributed by atoms with Gasteiger partial charge in [0.2, 0.25) is 0 Å². The highest BCUT2D eigenvalue weighted by atomic mass is 16.6. The number of aliphatic hydroxyl groups is 1. The summed E-state index contributed by atoms with van der Waals surface area (Å²) >= 11 is 0. The van der Waals surface area contributed by atoms with Gasteiger partial charge < -0.3 is 10.2 Å². The molecule has 5 aliphatic rings. The molecule has 234 valence electrons. The maximum absolute atomic E-state index is 13.0. The molecule has 6 rings (SSSR count). The van der Waals surface area contributed by atoms with Gasteiger partial charge in [-0.25, -0.2) is 0 Å². The normalized spacial score (nSPS) is 45.8. The topological polar surface area (TPSA) is 101 Å². The van der Waals surface area contributed by atoms with Crippen LogP contribution in [0, 0.1) is 66.8 Å². The van der Waals surface area contributed by atoms with Crippen molar-refractivity contribution in [2.75, 3.05) is 0 Å². The molecule has 10 atom stereocenters. The fraction of sp³-hybridized carbons (Fsp3) is 0.703. The predicted molar refractivity (Wildman–Crippen MR) is 169 cm³/mol. The largest absolute Gasteiger partial charge is 0.481 e. The lowest BCUT2D eigenvalue weighted by atomic mass is 9.32. The number of allylic oxidation sites excluding steroid dienone is 1. The van der Waals surface area contributed by atoms with Crippen molar-refractivity contribution in [2.45, 2.75) is 105 Å². The van der Waals surface area contributed by atoms with E-state index in [9.17, 15) is 25.1 Å². The van der Waals surface area contributed by atoms with Crippen LogP contribution in [0.5, 0.6) is 0 Å². The van der Waals surface area contributed by atoms with Crippen LogP contribution in [-0.2, 0) is 4.79 Å². The molecule has 6 nitrogen and oxygen atoms in total. The van der Waals surface area contributed by atoms with E-state index in [-0.39, 0.29) is 44.1 Å². The van der Waals surface area contributed by atoms with Gasteiger partial charge in [0.25, 0.3) is 5.69 Å². The summed E-state index contributed by atoms with van der Waals surface area (Å²) in [4.78, 5) is 23.8. The number of aliphatic carboxylic acids is 1. The van der Waals surface area contributed by atoms with Crippen LogP contribution in [0.1, 0.15) is 105 Å². The molecule has 1 aromatic rings. The van der Waals surface area contributed by atoms with E-state index in [1.807, 2.05) is 0 Å². The Kier molecular flexibility index (Phi) is 6.94. The van der Waals surface area contributed by atoms with Gasteiger partial charge in [0.05, 0.1) is 16.4 Å². The van der Waals surface area contributed by atoms with Crippen LogP contribution < -0.4 is 0 Å². The molecule has 1 aromatic carbocycles. The Balaban J connectivity index is 1.39. The molecule has 5 saturated carbocycles. The lowest BCUT2D eigenvalue weighted by Gasteiger charge is -2.72. The summed E-state index contributed by atoms with van der Waals surface area (Å²) in [5.41, 5.74) is 2.33. The monoisotopic (exact) mass is 589 g/mol. The van der Waals surface area contributed by atoms with Crippen molar-refractivity contribution in [3.8, 4) is 0 Å². The number of benzene rings is 1. The van der Waals surface area contributed by atoms with Crippen molar-refractivity contribution in [1.29, 1.82) is 0 Å². The number of hydrogen-bond donors (Lipinski definition) is 2. The Morgan fingerprint density at radius 3 is 2.23 bits per heavy atom. The van der Waals surface area contributed by atoms with Gasteiger partial charge in [-0.2, -0.15) is 0 Å². The molecule has 5 fully saturated rings. The van der Waals surface area contributed by atoms with Crippen LogP contribution in [0.3, 0.4) is 0 Å². The number of nitrogens with zero attached hydrogens (tertiary/aromatic N) is 1. The third kappa shape index (κ3) is 4.03. The molecule has 0 amide bonds. The highest BCUT2D eigenvalue weighted by Gasteiger charge is 2.72. The second-order valence-electron chi connectivity index (χ2n) is 16.6.